The molecule has 0 bridgehead atoms. The van der Waals surface area contributed by atoms with Gasteiger partial charge < -0.3 is 14.5 Å². The number of benzene rings is 2. The summed E-state index contributed by atoms with van der Waals surface area (Å²) >= 11 is 0. The standard InChI is InChI=1S/C29H39N3O3/c1-4-16-32(27-14-17-31(18-15-27)28(33)25-8-6-5-7-9-25)29(34)26-12-10-24(11-13-26)21-30-19-22(2)35-23(3)20-30/h5-13,22-23,27H,4,14-21H2,1-3H3. The van der Waals surface area contributed by atoms with Crippen LogP contribution in [0.1, 0.15) is 66.3 Å². The van der Waals surface area contributed by atoms with Crippen LogP contribution in [0.5, 0.6) is 0 Å². The van der Waals surface area contributed by atoms with E-state index in [1.165, 1.54) is 5.56 Å². The molecule has 6 nitrogen and oxygen atoms in total. The van der Waals surface area contributed by atoms with Gasteiger partial charge >= 0.3 is 0 Å². The van der Waals surface area contributed by atoms with E-state index in [4.69, 9.17) is 4.74 Å². The summed E-state index contributed by atoms with van der Waals surface area (Å²) in [5.41, 5.74) is 2.69. The molecule has 6 heteroatoms. The van der Waals surface area contributed by atoms with Crippen molar-refractivity contribution < 1.29 is 14.3 Å². The molecule has 188 valence electrons. The van der Waals surface area contributed by atoms with Gasteiger partial charge in [0.15, 0.2) is 0 Å². The Labute approximate surface area is 209 Å². The van der Waals surface area contributed by atoms with Crippen molar-refractivity contribution in [1.29, 1.82) is 0 Å². The smallest absolute Gasteiger partial charge is 0.254 e. The van der Waals surface area contributed by atoms with Crippen LogP contribution in [0.2, 0.25) is 0 Å². The Hall–Kier alpha value is -2.70. The van der Waals surface area contributed by atoms with Crippen LogP contribution in [0.3, 0.4) is 0 Å². The molecule has 2 amide bonds. The molecule has 2 atom stereocenters. The second-order valence-corrected chi connectivity index (χ2v) is 10.0. The maximum atomic E-state index is 13.5. The molecule has 2 fully saturated rings. The quantitative estimate of drug-likeness (QED) is 0.591. The van der Waals surface area contributed by atoms with Gasteiger partial charge in [0, 0.05) is 56.4 Å². The molecule has 0 N–H and O–H groups in total. The van der Waals surface area contributed by atoms with E-state index in [1.807, 2.05) is 52.3 Å². The number of rotatable bonds is 7. The van der Waals surface area contributed by atoms with E-state index in [9.17, 15) is 9.59 Å². The Morgan fingerprint density at radius 2 is 1.54 bits per heavy atom. The third-order valence-corrected chi connectivity index (χ3v) is 7.04. The maximum Gasteiger partial charge on any atom is 0.254 e. The number of ether oxygens (including phenoxy) is 1. The number of amides is 2. The van der Waals surface area contributed by atoms with Crippen molar-refractivity contribution in [1.82, 2.24) is 14.7 Å². The molecule has 0 radical (unpaired) electrons. The maximum absolute atomic E-state index is 13.5. The Morgan fingerprint density at radius 3 is 2.14 bits per heavy atom. The van der Waals surface area contributed by atoms with Gasteiger partial charge in [-0.05, 0) is 62.9 Å². The van der Waals surface area contributed by atoms with E-state index < -0.39 is 0 Å². The summed E-state index contributed by atoms with van der Waals surface area (Å²) in [7, 11) is 0. The molecule has 0 saturated carbocycles. The minimum atomic E-state index is 0.0806. The fraction of sp³-hybridized carbons (Fsp3) is 0.517. The minimum absolute atomic E-state index is 0.0806. The first kappa shape index (κ1) is 25.4. The highest BCUT2D eigenvalue weighted by molar-refractivity contribution is 5.95. The zero-order valence-corrected chi connectivity index (χ0v) is 21.4. The zero-order chi connectivity index (χ0) is 24.8. The van der Waals surface area contributed by atoms with E-state index in [0.29, 0.717) is 13.1 Å². The number of nitrogens with zero attached hydrogens (tertiary/aromatic N) is 3. The van der Waals surface area contributed by atoms with Crippen molar-refractivity contribution in [3.05, 3.63) is 71.3 Å². The van der Waals surface area contributed by atoms with E-state index in [1.54, 1.807) is 0 Å². The first-order chi connectivity index (χ1) is 16.9. The molecule has 4 rings (SSSR count). The molecule has 2 aliphatic heterocycles. The van der Waals surface area contributed by atoms with E-state index in [-0.39, 0.29) is 30.1 Å². The van der Waals surface area contributed by atoms with Crippen LogP contribution in [0.15, 0.2) is 54.6 Å². The largest absolute Gasteiger partial charge is 0.373 e. The molecule has 2 aliphatic rings. The summed E-state index contributed by atoms with van der Waals surface area (Å²) < 4.78 is 5.84. The first-order valence-electron chi connectivity index (χ1n) is 13.1. The van der Waals surface area contributed by atoms with Gasteiger partial charge in [0.05, 0.1) is 12.2 Å². The lowest BCUT2D eigenvalue weighted by Crippen LogP contribution is -2.49. The number of carbonyl (C=O) groups is 2. The molecule has 0 aliphatic carbocycles. The normalized spacial score (nSPS) is 21.6. The first-order valence-corrected chi connectivity index (χ1v) is 13.1. The number of piperidine rings is 1. The molecule has 2 aromatic rings. The van der Waals surface area contributed by atoms with Crippen LogP contribution in [-0.2, 0) is 11.3 Å². The summed E-state index contributed by atoms with van der Waals surface area (Å²) in [6.07, 6.45) is 3.04. The summed E-state index contributed by atoms with van der Waals surface area (Å²) in [6, 6.07) is 17.7. The Morgan fingerprint density at radius 1 is 0.914 bits per heavy atom. The van der Waals surface area contributed by atoms with Gasteiger partial charge in [-0.15, -0.1) is 0 Å². The number of likely N-dealkylation sites (tertiary alicyclic amines) is 1. The van der Waals surface area contributed by atoms with Crippen molar-refractivity contribution in [3.63, 3.8) is 0 Å². The average molecular weight is 478 g/mol. The van der Waals surface area contributed by atoms with Gasteiger partial charge in [0.25, 0.3) is 11.8 Å². The third-order valence-electron chi connectivity index (χ3n) is 7.04. The molecule has 35 heavy (non-hydrogen) atoms. The van der Waals surface area contributed by atoms with Crippen molar-refractivity contribution in [2.75, 3.05) is 32.7 Å². The summed E-state index contributed by atoms with van der Waals surface area (Å²) in [6.45, 7) is 11.2. The summed E-state index contributed by atoms with van der Waals surface area (Å²) in [4.78, 5) is 32.7. The Kier molecular flexibility index (Phi) is 8.58. The number of morpholine rings is 1. The molecule has 2 saturated heterocycles. The highest BCUT2D eigenvalue weighted by atomic mass is 16.5. The zero-order valence-electron chi connectivity index (χ0n) is 21.4. The van der Waals surface area contributed by atoms with Crippen molar-refractivity contribution in [2.24, 2.45) is 0 Å². The molecular weight excluding hydrogens is 438 g/mol. The monoisotopic (exact) mass is 477 g/mol. The van der Waals surface area contributed by atoms with Crippen molar-refractivity contribution in [3.8, 4) is 0 Å². The predicted molar refractivity (Wildman–Crippen MR) is 138 cm³/mol. The van der Waals surface area contributed by atoms with E-state index >= 15 is 0 Å². The van der Waals surface area contributed by atoms with Crippen LogP contribution in [0.25, 0.3) is 0 Å². The molecule has 0 aromatic heterocycles. The van der Waals surface area contributed by atoms with Crippen LogP contribution in [-0.4, -0.2) is 77.5 Å². The van der Waals surface area contributed by atoms with Gasteiger partial charge in [-0.1, -0.05) is 37.3 Å². The second kappa shape index (κ2) is 11.8. The van der Waals surface area contributed by atoms with Crippen LogP contribution < -0.4 is 0 Å². The molecule has 2 heterocycles. The molecule has 2 unspecified atom stereocenters. The highest BCUT2D eigenvalue weighted by Gasteiger charge is 2.30. The third kappa shape index (κ3) is 6.50. The predicted octanol–water partition coefficient (Wildman–Crippen LogP) is 4.45. The Bertz CT molecular complexity index is 960. The summed E-state index contributed by atoms with van der Waals surface area (Å²) in [5.74, 6) is 0.178. The lowest BCUT2D eigenvalue weighted by Gasteiger charge is -2.38. The fourth-order valence-electron chi connectivity index (χ4n) is 5.43. The van der Waals surface area contributed by atoms with Gasteiger partial charge in [0.2, 0.25) is 0 Å². The number of hydrogen-bond acceptors (Lipinski definition) is 4. The van der Waals surface area contributed by atoms with Gasteiger partial charge in [-0.25, -0.2) is 0 Å². The molecular formula is C29H39N3O3. The lowest BCUT2D eigenvalue weighted by atomic mass is 10.00. The Balaban J connectivity index is 1.35. The van der Waals surface area contributed by atoms with Gasteiger partial charge in [0.1, 0.15) is 0 Å². The fourth-order valence-corrected chi connectivity index (χ4v) is 5.43. The van der Waals surface area contributed by atoms with Crippen LogP contribution in [0.4, 0.5) is 0 Å². The molecule has 0 spiro atoms. The molecule has 2 aromatic carbocycles. The number of carbonyl (C=O) groups excluding carboxylic acids is 2. The van der Waals surface area contributed by atoms with Gasteiger partial charge in [-0.2, -0.15) is 0 Å². The topological polar surface area (TPSA) is 53.1 Å². The van der Waals surface area contributed by atoms with Gasteiger partial charge in [-0.3, -0.25) is 14.5 Å². The SMILES string of the molecule is CCCN(C(=O)c1ccc(CN2CC(C)OC(C)C2)cc1)C1CCN(C(=O)c2ccccc2)CC1. The average Bonchev–Trinajstić information content (AvgIpc) is 2.87. The van der Waals surface area contributed by atoms with Crippen molar-refractivity contribution in [2.45, 2.75) is 64.8 Å². The second-order valence-electron chi connectivity index (χ2n) is 10.0. The van der Waals surface area contributed by atoms with Crippen LogP contribution in [0, 0.1) is 0 Å². The highest BCUT2D eigenvalue weighted by Crippen LogP contribution is 2.22. The van der Waals surface area contributed by atoms with E-state index in [0.717, 1.165) is 56.6 Å². The lowest BCUT2D eigenvalue weighted by molar-refractivity contribution is -0.0704. The number of hydrogen-bond donors (Lipinski definition) is 0. The van der Waals surface area contributed by atoms with E-state index in [2.05, 4.69) is 37.8 Å². The van der Waals surface area contributed by atoms with Crippen molar-refractivity contribution >= 4 is 11.8 Å². The van der Waals surface area contributed by atoms with Crippen LogP contribution >= 0.6 is 0 Å². The summed E-state index contributed by atoms with van der Waals surface area (Å²) in [5, 5.41) is 0. The minimum Gasteiger partial charge on any atom is -0.373 e.